The lowest BCUT2D eigenvalue weighted by Crippen LogP contribution is -2.21. The number of aromatic nitrogens is 2. The highest BCUT2D eigenvalue weighted by atomic mass is 32.1. The molecule has 0 unspecified atom stereocenters. The van der Waals surface area contributed by atoms with Crippen LogP contribution < -0.4 is 4.90 Å². The first-order valence-electron chi connectivity index (χ1n) is 7.07. The van der Waals surface area contributed by atoms with Crippen LogP contribution in [0.2, 0.25) is 0 Å². The normalized spacial score (nSPS) is 10.8. The van der Waals surface area contributed by atoms with Gasteiger partial charge in [0.05, 0.1) is 12.5 Å². The molecule has 0 saturated carbocycles. The highest BCUT2D eigenvalue weighted by Gasteiger charge is 2.12. The van der Waals surface area contributed by atoms with Crippen LogP contribution in [-0.4, -0.2) is 16.7 Å². The molecule has 2 heterocycles. The Kier molecular flexibility index (Phi) is 4.48. The molecule has 0 fully saturated rings. The monoisotopic (exact) mass is 317 g/mol. The third-order valence-electron chi connectivity index (χ3n) is 3.33. The predicted octanol–water partition coefficient (Wildman–Crippen LogP) is 3.89. The van der Waals surface area contributed by atoms with E-state index in [1.807, 2.05) is 6.07 Å². The summed E-state index contributed by atoms with van der Waals surface area (Å²) in [6, 6.07) is 8.44. The summed E-state index contributed by atoms with van der Waals surface area (Å²) in [7, 11) is 0. The minimum Gasteiger partial charge on any atom is -0.472 e. The molecule has 0 saturated heterocycles. The van der Waals surface area contributed by atoms with Gasteiger partial charge in [0.2, 0.25) is 5.13 Å². The summed E-state index contributed by atoms with van der Waals surface area (Å²) in [5.74, 6) is -0.223. The van der Waals surface area contributed by atoms with Crippen LogP contribution in [0.3, 0.4) is 0 Å². The lowest BCUT2D eigenvalue weighted by molar-refractivity contribution is 0.563. The van der Waals surface area contributed by atoms with Crippen LogP contribution in [0.4, 0.5) is 9.52 Å². The number of hydrogen-bond acceptors (Lipinski definition) is 5. The van der Waals surface area contributed by atoms with Gasteiger partial charge < -0.3 is 9.32 Å². The molecule has 6 heteroatoms. The fourth-order valence-corrected chi connectivity index (χ4v) is 3.07. The largest absolute Gasteiger partial charge is 0.472 e. The Bertz CT molecular complexity index is 709. The van der Waals surface area contributed by atoms with Crippen molar-refractivity contribution >= 4 is 16.5 Å². The first kappa shape index (κ1) is 14.7. The molecule has 0 amide bonds. The van der Waals surface area contributed by atoms with Crippen LogP contribution in [0, 0.1) is 5.82 Å². The first-order valence-corrected chi connectivity index (χ1v) is 7.89. The minimum atomic E-state index is -0.223. The van der Waals surface area contributed by atoms with Crippen LogP contribution in [0.15, 0.2) is 47.3 Å². The number of anilines is 1. The summed E-state index contributed by atoms with van der Waals surface area (Å²) in [5, 5.41) is 10.3. The molecule has 114 valence electrons. The second-order valence-electron chi connectivity index (χ2n) is 4.93. The molecule has 0 radical (unpaired) electrons. The lowest BCUT2D eigenvalue weighted by Gasteiger charge is -2.17. The maximum Gasteiger partial charge on any atom is 0.208 e. The van der Waals surface area contributed by atoms with Gasteiger partial charge in [-0.05, 0) is 30.7 Å². The van der Waals surface area contributed by atoms with Gasteiger partial charge in [0.1, 0.15) is 10.8 Å². The van der Waals surface area contributed by atoms with E-state index in [0.717, 1.165) is 34.4 Å². The summed E-state index contributed by atoms with van der Waals surface area (Å²) < 4.78 is 18.0. The second kappa shape index (κ2) is 6.70. The van der Waals surface area contributed by atoms with Crippen molar-refractivity contribution in [3.05, 3.63) is 64.8 Å². The summed E-state index contributed by atoms with van der Waals surface area (Å²) in [4.78, 5) is 2.15. The second-order valence-corrected chi connectivity index (χ2v) is 5.97. The van der Waals surface area contributed by atoms with E-state index >= 15 is 0 Å². The molecular weight excluding hydrogens is 301 g/mol. The summed E-state index contributed by atoms with van der Waals surface area (Å²) in [6.07, 6.45) is 4.08. The Morgan fingerprint density at radius 3 is 2.64 bits per heavy atom. The van der Waals surface area contributed by atoms with Gasteiger partial charge in [-0.3, -0.25) is 0 Å². The van der Waals surface area contributed by atoms with Crippen molar-refractivity contribution in [2.45, 2.75) is 19.9 Å². The number of furan rings is 1. The van der Waals surface area contributed by atoms with Gasteiger partial charge in [-0.1, -0.05) is 23.5 Å². The first-order chi connectivity index (χ1) is 10.7. The van der Waals surface area contributed by atoms with Gasteiger partial charge in [-0.25, -0.2) is 4.39 Å². The van der Waals surface area contributed by atoms with Gasteiger partial charge >= 0.3 is 0 Å². The maximum atomic E-state index is 12.9. The van der Waals surface area contributed by atoms with Crippen molar-refractivity contribution in [1.82, 2.24) is 10.2 Å². The van der Waals surface area contributed by atoms with E-state index in [-0.39, 0.29) is 5.82 Å². The number of halogens is 1. The van der Waals surface area contributed by atoms with Gasteiger partial charge in [0, 0.05) is 25.1 Å². The Morgan fingerprint density at radius 2 is 1.95 bits per heavy atom. The van der Waals surface area contributed by atoms with Gasteiger partial charge in [-0.15, -0.1) is 10.2 Å². The number of nitrogens with zero attached hydrogens (tertiary/aromatic N) is 3. The molecule has 2 aromatic heterocycles. The molecule has 0 aliphatic rings. The van der Waals surface area contributed by atoms with E-state index in [1.54, 1.807) is 36.0 Å². The molecule has 1 aromatic carbocycles. The highest BCUT2D eigenvalue weighted by molar-refractivity contribution is 7.15. The van der Waals surface area contributed by atoms with E-state index in [1.165, 1.54) is 12.1 Å². The lowest BCUT2D eigenvalue weighted by atomic mass is 10.2. The fraction of sp³-hybridized carbons (Fsp3) is 0.250. The molecule has 0 aliphatic heterocycles. The molecule has 3 aromatic rings. The molecule has 0 atom stereocenters. The zero-order valence-corrected chi connectivity index (χ0v) is 13.0. The zero-order chi connectivity index (χ0) is 15.4. The maximum absolute atomic E-state index is 12.9. The molecule has 0 aliphatic carbocycles. The molecule has 22 heavy (non-hydrogen) atoms. The number of hydrogen-bond donors (Lipinski definition) is 0. The smallest absolute Gasteiger partial charge is 0.208 e. The van der Waals surface area contributed by atoms with Crippen LogP contribution in [0.5, 0.6) is 0 Å². The Morgan fingerprint density at radius 1 is 1.14 bits per heavy atom. The average Bonchev–Trinajstić information content (AvgIpc) is 3.19. The Labute approximate surface area is 132 Å². The number of benzene rings is 1. The fourth-order valence-electron chi connectivity index (χ4n) is 2.14. The Hall–Kier alpha value is -2.21. The van der Waals surface area contributed by atoms with Crippen LogP contribution >= 0.6 is 11.3 Å². The summed E-state index contributed by atoms with van der Waals surface area (Å²) in [6.45, 7) is 3.68. The molecule has 0 spiro atoms. The van der Waals surface area contributed by atoms with Gasteiger partial charge in [-0.2, -0.15) is 0 Å². The summed E-state index contributed by atoms with van der Waals surface area (Å²) in [5.41, 5.74) is 2.14. The number of rotatable bonds is 6. The quantitative estimate of drug-likeness (QED) is 0.692. The van der Waals surface area contributed by atoms with Crippen molar-refractivity contribution in [1.29, 1.82) is 0 Å². The van der Waals surface area contributed by atoms with Crippen molar-refractivity contribution < 1.29 is 8.81 Å². The third-order valence-corrected chi connectivity index (χ3v) is 4.31. The van der Waals surface area contributed by atoms with Crippen molar-refractivity contribution in [2.75, 3.05) is 11.4 Å². The van der Waals surface area contributed by atoms with Crippen LogP contribution in [0.25, 0.3) is 0 Å². The van der Waals surface area contributed by atoms with E-state index < -0.39 is 0 Å². The van der Waals surface area contributed by atoms with E-state index in [9.17, 15) is 4.39 Å². The highest BCUT2D eigenvalue weighted by Crippen LogP contribution is 2.24. The van der Waals surface area contributed by atoms with Crippen molar-refractivity contribution in [2.24, 2.45) is 0 Å². The average molecular weight is 317 g/mol. The van der Waals surface area contributed by atoms with Crippen LogP contribution in [0.1, 0.15) is 23.1 Å². The zero-order valence-electron chi connectivity index (χ0n) is 12.2. The summed E-state index contributed by atoms with van der Waals surface area (Å²) >= 11 is 1.57. The molecule has 0 bridgehead atoms. The minimum absolute atomic E-state index is 0.223. The van der Waals surface area contributed by atoms with Crippen LogP contribution in [-0.2, 0) is 13.0 Å². The van der Waals surface area contributed by atoms with Crippen molar-refractivity contribution in [3.8, 4) is 0 Å². The van der Waals surface area contributed by atoms with E-state index in [4.69, 9.17) is 4.42 Å². The topological polar surface area (TPSA) is 42.2 Å². The molecule has 0 N–H and O–H groups in total. The van der Waals surface area contributed by atoms with E-state index in [2.05, 4.69) is 22.0 Å². The van der Waals surface area contributed by atoms with Gasteiger partial charge in [0.15, 0.2) is 0 Å². The predicted molar refractivity (Wildman–Crippen MR) is 84.5 cm³/mol. The SMILES string of the molecule is CCN(Cc1ccoc1)c1nnc(Cc2ccc(F)cc2)s1. The standard InChI is InChI=1S/C16H16FN3OS/c1-2-20(10-13-7-8-21-11-13)16-19-18-15(22-16)9-12-3-5-14(17)6-4-12/h3-8,11H,2,9-10H2,1H3. The molecule has 4 nitrogen and oxygen atoms in total. The Balaban J connectivity index is 1.70. The van der Waals surface area contributed by atoms with Crippen molar-refractivity contribution in [3.63, 3.8) is 0 Å². The van der Waals surface area contributed by atoms with Gasteiger partial charge in [0.25, 0.3) is 0 Å². The molecule has 3 rings (SSSR count). The van der Waals surface area contributed by atoms with E-state index in [0.29, 0.717) is 6.42 Å². The molecular formula is C16H16FN3OS. The third kappa shape index (κ3) is 3.51.